The number of ether oxygens (including phenoxy) is 1. The number of amides is 1. The Bertz CT molecular complexity index is 1530. The first-order chi connectivity index (χ1) is 17.3. The smallest absolute Gasteiger partial charge is 0.425 e. The van der Waals surface area contributed by atoms with Crippen LogP contribution in [0.1, 0.15) is 35.9 Å². The minimum Gasteiger partial charge on any atom is -0.480 e. The zero-order valence-corrected chi connectivity index (χ0v) is 20.1. The van der Waals surface area contributed by atoms with Gasteiger partial charge in [-0.25, -0.2) is 22.7 Å². The Balaban J connectivity index is 1.78. The Kier molecular flexibility index (Phi) is 6.85. The van der Waals surface area contributed by atoms with Crippen LogP contribution in [-0.4, -0.2) is 41.0 Å². The van der Waals surface area contributed by atoms with Crippen molar-refractivity contribution in [1.82, 2.24) is 14.3 Å². The van der Waals surface area contributed by atoms with Crippen molar-refractivity contribution in [2.24, 2.45) is 5.14 Å². The predicted octanol–water partition coefficient (Wildman–Crippen LogP) is 2.74. The van der Waals surface area contributed by atoms with Gasteiger partial charge in [-0.05, 0) is 44.0 Å². The summed E-state index contributed by atoms with van der Waals surface area (Å²) in [6.45, 7) is 1.06. The Morgan fingerprint density at radius 1 is 1.22 bits per heavy atom. The van der Waals surface area contributed by atoms with Crippen molar-refractivity contribution < 1.29 is 35.5 Å². The maximum absolute atomic E-state index is 15.2. The van der Waals surface area contributed by atoms with Crippen molar-refractivity contribution in [2.75, 3.05) is 5.32 Å². The van der Waals surface area contributed by atoms with Crippen LogP contribution in [0.2, 0.25) is 0 Å². The number of alkyl halides is 3. The summed E-state index contributed by atoms with van der Waals surface area (Å²) in [7, 11) is -4.12. The Morgan fingerprint density at radius 2 is 1.95 bits per heavy atom. The molecule has 0 aliphatic carbocycles. The van der Waals surface area contributed by atoms with Gasteiger partial charge in [-0.2, -0.15) is 17.9 Å². The number of nitrogens with two attached hydrogens (primary N) is 1. The van der Waals surface area contributed by atoms with Gasteiger partial charge in [-0.15, -0.1) is 5.10 Å². The van der Waals surface area contributed by atoms with E-state index in [2.05, 4.69) is 10.4 Å². The van der Waals surface area contributed by atoms with Crippen LogP contribution in [0, 0.1) is 5.82 Å². The molecule has 198 valence electrons. The van der Waals surface area contributed by atoms with Crippen molar-refractivity contribution in [3.63, 3.8) is 0 Å². The molecule has 3 N–H and O–H groups in total. The number of anilines is 1. The normalized spacial score (nSPS) is 14.6. The minimum atomic E-state index is -4.82. The average molecular weight is 543 g/mol. The zero-order chi connectivity index (χ0) is 27.1. The fourth-order valence-electron chi connectivity index (χ4n) is 3.74. The van der Waals surface area contributed by atoms with Crippen molar-refractivity contribution in [2.45, 2.75) is 49.9 Å². The molecular formula is C22H21F4N5O5S. The predicted molar refractivity (Wildman–Crippen MR) is 123 cm³/mol. The molecule has 1 aliphatic rings. The second-order valence-electron chi connectivity index (χ2n) is 8.35. The number of rotatable bonds is 6. The molecule has 2 aromatic carbocycles. The first-order valence-electron chi connectivity index (χ1n) is 11.0. The Morgan fingerprint density at radius 3 is 2.59 bits per heavy atom. The molecule has 0 spiro atoms. The van der Waals surface area contributed by atoms with Gasteiger partial charge >= 0.3 is 11.9 Å². The van der Waals surface area contributed by atoms with Gasteiger partial charge in [-0.1, -0.05) is 6.07 Å². The lowest BCUT2D eigenvalue weighted by Gasteiger charge is -2.20. The summed E-state index contributed by atoms with van der Waals surface area (Å²) in [6.07, 6.45) is -5.27. The molecule has 1 amide bonds. The average Bonchev–Trinajstić information content (AvgIpc) is 3.15. The number of hydrogen-bond donors (Lipinski definition) is 2. The molecule has 0 saturated heterocycles. The van der Waals surface area contributed by atoms with E-state index in [1.165, 1.54) is 22.8 Å². The summed E-state index contributed by atoms with van der Waals surface area (Å²) >= 11 is 0. The molecule has 1 atom stereocenters. The minimum absolute atomic E-state index is 0.0752. The summed E-state index contributed by atoms with van der Waals surface area (Å²) < 4.78 is 85.2. The lowest BCUT2D eigenvalue weighted by Crippen LogP contribution is -2.32. The summed E-state index contributed by atoms with van der Waals surface area (Å²) in [4.78, 5) is 25.4. The van der Waals surface area contributed by atoms with Crippen molar-refractivity contribution in [1.29, 1.82) is 0 Å². The summed E-state index contributed by atoms with van der Waals surface area (Å²) in [5.41, 5.74) is -1.88. The molecular weight excluding hydrogens is 522 g/mol. The molecule has 3 aromatic rings. The molecule has 0 saturated carbocycles. The number of nitrogens with zero attached hydrogens (tertiary/aromatic N) is 3. The summed E-state index contributed by atoms with van der Waals surface area (Å²) in [5.74, 6) is -2.48. The van der Waals surface area contributed by atoms with Gasteiger partial charge in [0.1, 0.15) is 23.1 Å². The number of nitrogens with one attached hydrogen (secondary N) is 1. The highest BCUT2D eigenvalue weighted by atomic mass is 32.2. The maximum atomic E-state index is 15.2. The first kappa shape index (κ1) is 26.3. The lowest BCUT2D eigenvalue weighted by atomic mass is 10.1. The third-order valence-corrected chi connectivity index (χ3v) is 6.59. The highest BCUT2D eigenvalue weighted by Gasteiger charge is 2.39. The lowest BCUT2D eigenvalue weighted by molar-refractivity contribution is -0.189. The molecule has 1 aliphatic heterocycles. The Labute approximate surface area is 207 Å². The van der Waals surface area contributed by atoms with Crippen LogP contribution in [0.5, 0.6) is 5.75 Å². The van der Waals surface area contributed by atoms with E-state index < -0.39 is 56.7 Å². The van der Waals surface area contributed by atoms with E-state index in [0.29, 0.717) is 38.2 Å². The van der Waals surface area contributed by atoms with Crippen LogP contribution in [0.3, 0.4) is 0 Å². The van der Waals surface area contributed by atoms with E-state index in [1.807, 2.05) is 0 Å². The number of primary sulfonamides is 1. The van der Waals surface area contributed by atoms with Gasteiger partial charge in [-0.3, -0.25) is 9.36 Å². The fraction of sp³-hybridized carbons (Fsp3) is 0.318. The maximum Gasteiger partial charge on any atom is 0.425 e. The number of carbonyl (C=O) groups excluding carboxylic acids is 1. The van der Waals surface area contributed by atoms with Crippen LogP contribution in [0.25, 0.3) is 5.69 Å². The number of halogens is 4. The number of sulfonamides is 1. The molecule has 10 nitrogen and oxygen atoms in total. The van der Waals surface area contributed by atoms with Crippen molar-refractivity contribution in [3.05, 3.63) is 64.1 Å². The van der Waals surface area contributed by atoms with E-state index in [4.69, 9.17) is 9.88 Å². The zero-order valence-electron chi connectivity index (χ0n) is 19.3. The largest absolute Gasteiger partial charge is 0.480 e. The molecule has 2 heterocycles. The van der Waals surface area contributed by atoms with Crippen LogP contribution >= 0.6 is 0 Å². The van der Waals surface area contributed by atoms with E-state index in [1.54, 1.807) is 0 Å². The topological polar surface area (TPSA) is 138 Å². The third kappa shape index (κ3) is 5.51. The Hall–Kier alpha value is -3.72. The number of benzene rings is 2. The second-order valence-corrected chi connectivity index (χ2v) is 9.91. The number of aromatic nitrogens is 3. The van der Waals surface area contributed by atoms with Gasteiger partial charge in [0.25, 0.3) is 5.91 Å². The number of aryl methyl sites for hydroxylation is 1. The molecule has 0 bridgehead atoms. The van der Waals surface area contributed by atoms with Crippen LogP contribution < -0.4 is 20.9 Å². The summed E-state index contributed by atoms with van der Waals surface area (Å²) in [5, 5.41) is 11.5. The SMILES string of the molecule is C[C@H](Oc1cc(-n2nc3n(c2=O)CCCC3)c(F)cc1C(=O)Nc1cccc(S(N)(=O)=O)c1)C(F)(F)F. The van der Waals surface area contributed by atoms with E-state index in [-0.39, 0.29) is 10.6 Å². The number of carbonyl (C=O) groups is 1. The highest BCUT2D eigenvalue weighted by molar-refractivity contribution is 7.89. The monoisotopic (exact) mass is 543 g/mol. The molecule has 0 fully saturated rings. The molecule has 37 heavy (non-hydrogen) atoms. The van der Waals surface area contributed by atoms with E-state index in [9.17, 15) is 31.2 Å². The van der Waals surface area contributed by atoms with Crippen molar-refractivity contribution >= 4 is 21.6 Å². The van der Waals surface area contributed by atoms with E-state index in [0.717, 1.165) is 23.2 Å². The molecule has 0 unspecified atom stereocenters. The molecule has 4 rings (SSSR count). The van der Waals surface area contributed by atoms with E-state index >= 15 is 4.39 Å². The standard InChI is InChI=1S/C22H21F4N5O5S/c1-12(22(24,25)26)36-18-11-17(31-21(33)30-8-3-2-7-19(30)29-31)16(23)10-15(18)20(32)28-13-5-4-6-14(9-13)37(27,34)35/h4-6,9-12H,2-3,7-8H2,1H3,(H,28,32)(H2,27,34,35)/t12-/m0/s1. The second kappa shape index (κ2) is 9.63. The van der Waals surface area contributed by atoms with Crippen LogP contribution in [0.15, 0.2) is 46.1 Å². The molecule has 15 heteroatoms. The third-order valence-electron chi connectivity index (χ3n) is 5.68. The number of hydrogen-bond acceptors (Lipinski definition) is 6. The van der Waals surface area contributed by atoms with Gasteiger partial charge in [0, 0.05) is 24.7 Å². The number of fused-ring (bicyclic) bond motifs is 1. The van der Waals surface area contributed by atoms with Crippen LogP contribution in [-0.2, 0) is 23.0 Å². The van der Waals surface area contributed by atoms with Gasteiger partial charge in [0.2, 0.25) is 10.0 Å². The molecule has 0 radical (unpaired) electrons. The fourth-order valence-corrected chi connectivity index (χ4v) is 4.30. The summed E-state index contributed by atoms with van der Waals surface area (Å²) in [6, 6.07) is 6.18. The highest BCUT2D eigenvalue weighted by Crippen LogP contribution is 2.31. The quantitative estimate of drug-likeness (QED) is 0.459. The van der Waals surface area contributed by atoms with Gasteiger partial charge in [0.05, 0.1) is 10.5 Å². The van der Waals surface area contributed by atoms with Crippen molar-refractivity contribution in [3.8, 4) is 11.4 Å². The van der Waals surface area contributed by atoms with Gasteiger partial charge < -0.3 is 10.1 Å². The van der Waals surface area contributed by atoms with Crippen LogP contribution in [0.4, 0.5) is 23.2 Å². The first-order valence-corrected chi connectivity index (χ1v) is 12.5. The molecule has 1 aromatic heterocycles. The van der Waals surface area contributed by atoms with Gasteiger partial charge in [0.15, 0.2) is 6.10 Å².